The van der Waals surface area contributed by atoms with Crippen LogP contribution in [0.15, 0.2) is 0 Å². The topological polar surface area (TPSA) is 40.6 Å². The summed E-state index contributed by atoms with van der Waals surface area (Å²) in [7, 11) is 0. The zero-order valence-corrected chi connectivity index (χ0v) is 10.9. The second-order valence-corrected chi connectivity index (χ2v) is 5.94. The van der Waals surface area contributed by atoms with Crippen LogP contribution in [0.4, 0.5) is 4.79 Å². The summed E-state index contributed by atoms with van der Waals surface area (Å²) in [6, 6.07) is -0.143. The van der Waals surface area contributed by atoms with E-state index in [0.29, 0.717) is 12.5 Å². The predicted molar refractivity (Wildman–Crippen MR) is 68.0 cm³/mol. The lowest BCUT2D eigenvalue weighted by Crippen LogP contribution is -2.37. The molecule has 3 rings (SSSR count). The molecule has 0 spiro atoms. The standard InChI is InChI=1S/C14H22N2O2/c17-13-12-8-5-9-15(12)14(18)16(13)10-11-6-3-1-2-4-7-11/h11-12H,1-10H2. The number of carbonyl (C=O) groups excluding carboxylic acids is 2. The van der Waals surface area contributed by atoms with E-state index >= 15 is 0 Å². The molecule has 18 heavy (non-hydrogen) atoms. The van der Waals surface area contributed by atoms with Crippen LogP contribution in [0, 0.1) is 5.92 Å². The summed E-state index contributed by atoms with van der Waals surface area (Å²) in [5, 5.41) is 0. The average molecular weight is 250 g/mol. The van der Waals surface area contributed by atoms with Gasteiger partial charge in [0.05, 0.1) is 0 Å². The molecule has 1 atom stereocenters. The maximum Gasteiger partial charge on any atom is 0.327 e. The quantitative estimate of drug-likeness (QED) is 0.557. The monoisotopic (exact) mass is 250 g/mol. The molecule has 1 saturated carbocycles. The van der Waals surface area contributed by atoms with Crippen molar-refractivity contribution in [1.82, 2.24) is 9.80 Å². The average Bonchev–Trinajstić information content (AvgIpc) is 2.81. The third-order valence-corrected chi connectivity index (χ3v) is 4.70. The van der Waals surface area contributed by atoms with Crippen LogP contribution in [-0.2, 0) is 4.79 Å². The predicted octanol–water partition coefficient (Wildman–Crippen LogP) is 2.38. The van der Waals surface area contributed by atoms with Crippen molar-refractivity contribution in [3.8, 4) is 0 Å². The Morgan fingerprint density at radius 2 is 1.67 bits per heavy atom. The molecule has 1 unspecified atom stereocenters. The lowest BCUT2D eigenvalue weighted by atomic mass is 10.00. The summed E-state index contributed by atoms with van der Waals surface area (Å²) in [5.41, 5.74) is 0. The highest BCUT2D eigenvalue weighted by molar-refractivity contribution is 6.04. The van der Waals surface area contributed by atoms with Crippen molar-refractivity contribution in [1.29, 1.82) is 0 Å². The molecule has 0 aromatic heterocycles. The Morgan fingerprint density at radius 1 is 0.944 bits per heavy atom. The van der Waals surface area contributed by atoms with Gasteiger partial charge in [-0.05, 0) is 31.6 Å². The van der Waals surface area contributed by atoms with Gasteiger partial charge in [0, 0.05) is 13.1 Å². The van der Waals surface area contributed by atoms with E-state index in [1.165, 1.54) is 38.5 Å². The summed E-state index contributed by atoms with van der Waals surface area (Å²) < 4.78 is 0. The van der Waals surface area contributed by atoms with Crippen LogP contribution in [0.1, 0.15) is 51.4 Å². The summed E-state index contributed by atoms with van der Waals surface area (Å²) in [5.74, 6) is 0.613. The highest BCUT2D eigenvalue weighted by atomic mass is 16.2. The molecule has 3 aliphatic rings. The molecule has 4 heteroatoms. The minimum atomic E-state index is -0.122. The van der Waals surface area contributed by atoms with Gasteiger partial charge in [0.2, 0.25) is 0 Å². The van der Waals surface area contributed by atoms with Crippen LogP contribution in [-0.4, -0.2) is 40.9 Å². The van der Waals surface area contributed by atoms with E-state index in [-0.39, 0.29) is 18.0 Å². The Hall–Kier alpha value is -1.06. The molecule has 4 nitrogen and oxygen atoms in total. The second-order valence-electron chi connectivity index (χ2n) is 5.94. The lowest BCUT2D eigenvalue weighted by molar-refractivity contribution is -0.128. The third kappa shape index (κ3) is 2.02. The zero-order chi connectivity index (χ0) is 12.5. The van der Waals surface area contributed by atoms with Crippen molar-refractivity contribution in [3.63, 3.8) is 0 Å². The van der Waals surface area contributed by atoms with Crippen LogP contribution < -0.4 is 0 Å². The van der Waals surface area contributed by atoms with Crippen LogP contribution in [0.5, 0.6) is 0 Å². The Balaban J connectivity index is 1.65. The SMILES string of the molecule is O=C1C2CCCN2C(=O)N1CC1CCCCCC1. The zero-order valence-electron chi connectivity index (χ0n) is 10.9. The van der Waals surface area contributed by atoms with E-state index in [0.717, 1.165) is 19.4 Å². The molecule has 3 amide bonds. The Morgan fingerprint density at radius 3 is 2.33 bits per heavy atom. The fourth-order valence-corrected chi connectivity index (χ4v) is 3.65. The molecule has 2 aliphatic heterocycles. The number of hydrogen-bond acceptors (Lipinski definition) is 2. The van der Waals surface area contributed by atoms with Gasteiger partial charge >= 0.3 is 6.03 Å². The Bertz CT molecular complexity index is 326. The second kappa shape index (κ2) is 4.90. The van der Waals surface area contributed by atoms with Gasteiger partial charge in [-0.15, -0.1) is 0 Å². The fourth-order valence-electron chi connectivity index (χ4n) is 3.65. The number of amides is 3. The highest BCUT2D eigenvalue weighted by Gasteiger charge is 2.47. The van der Waals surface area contributed by atoms with Gasteiger partial charge in [-0.3, -0.25) is 9.69 Å². The summed E-state index contributed by atoms with van der Waals surface area (Å²) in [6.45, 7) is 1.45. The number of rotatable bonds is 2. The van der Waals surface area contributed by atoms with Crippen molar-refractivity contribution in [2.45, 2.75) is 57.4 Å². The summed E-state index contributed by atoms with van der Waals surface area (Å²) >= 11 is 0. The number of carbonyl (C=O) groups is 2. The molecular formula is C14H22N2O2. The van der Waals surface area contributed by atoms with Gasteiger partial charge in [-0.1, -0.05) is 25.7 Å². The first-order chi connectivity index (χ1) is 8.77. The van der Waals surface area contributed by atoms with E-state index < -0.39 is 0 Å². The number of fused-ring (bicyclic) bond motifs is 1. The molecule has 2 saturated heterocycles. The minimum absolute atomic E-state index is 0.0215. The molecule has 3 fully saturated rings. The normalized spacial score (nSPS) is 29.9. The molecule has 0 radical (unpaired) electrons. The molecule has 1 aliphatic carbocycles. The lowest BCUT2D eigenvalue weighted by Gasteiger charge is -2.21. The van der Waals surface area contributed by atoms with Gasteiger partial charge < -0.3 is 4.90 Å². The first-order valence-electron chi connectivity index (χ1n) is 7.39. The number of urea groups is 1. The van der Waals surface area contributed by atoms with Gasteiger partial charge in [-0.25, -0.2) is 4.79 Å². The molecular weight excluding hydrogens is 228 g/mol. The molecule has 0 N–H and O–H groups in total. The van der Waals surface area contributed by atoms with Crippen molar-refractivity contribution in [2.75, 3.05) is 13.1 Å². The van der Waals surface area contributed by atoms with Gasteiger partial charge in [0.25, 0.3) is 5.91 Å². The maximum absolute atomic E-state index is 12.2. The summed E-state index contributed by atoms with van der Waals surface area (Å²) in [4.78, 5) is 27.7. The number of hydrogen-bond donors (Lipinski definition) is 0. The van der Waals surface area contributed by atoms with E-state index in [9.17, 15) is 9.59 Å². The smallest absolute Gasteiger partial charge is 0.312 e. The van der Waals surface area contributed by atoms with E-state index in [2.05, 4.69) is 0 Å². The number of nitrogens with zero attached hydrogens (tertiary/aromatic N) is 2. The van der Waals surface area contributed by atoms with Gasteiger partial charge in [0.15, 0.2) is 0 Å². The Labute approximate surface area is 108 Å². The number of imide groups is 1. The largest absolute Gasteiger partial charge is 0.327 e. The van der Waals surface area contributed by atoms with Crippen LogP contribution >= 0.6 is 0 Å². The van der Waals surface area contributed by atoms with Crippen molar-refractivity contribution in [3.05, 3.63) is 0 Å². The third-order valence-electron chi connectivity index (χ3n) is 4.70. The Kier molecular flexibility index (Phi) is 3.27. The summed E-state index contributed by atoms with van der Waals surface area (Å²) in [6.07, 6.45) is 9.36. The van der Waals surface area contributed by atoms with E-state index in [1.807, 2.05) is 0 Å². The van der Waals surface area contributed by atoms with Crippen molar-refractivity contribution >= 4 is 11.9 Å². The van der Waals surface area contributed by atoms with Crippen LogP contribution in [0.3, 0.4) is 0 Å². The first-order valence-corrected chi connectivity index (χ1v) is 7.39. The molecule has 0 bridgehead atoms. The minimum Gasteiger partial charge on any atom is -0.312 e. The first kappa shape index (κ1) is 12.0. The molecule has 2 heterocycles. The molecule has 0 aromatic carbocycles. The fraction of sp³-hybridized carbons (Fsp3) is 0.857. The van der Waals surface area contributed by atoms with Crippen molar-refractivity contribution < 1.29 is 9.59 Å². The molecule has 0 aromatic rings. The maximum atomic E-state index is 12.2. The van der Waals surface area contributed by atoms with Gasteiger partial charge in [0.1, 0.15) is 6.04 Å². The van der Waals surface area contributed by atoms with E-state index in [4.69, 9.17) is 0 Å². The highest BCUT2D eigenvalue weighted by Crippen LogP contribution is 2.30. The van der Waals surface area contributed by atoms with Crippen LogP contribution in [0.25, 0.3) is 0 Å². The van der Waals surface area contributed by atoms with Crippen molar-refractivity contribution in [2.24, 2.45) is 5.92 Å². The molecule has 100 valence electrons. The van der Waals surface area contributed by atoms with Gasteiger partial charge in [-0.2, -0.15) is 0 Å². The van der Waals surface area contributed by atoms with E-state index in [1.54, 1.807) is 9.80 Å². The van der Waals surface area contributed by atoms with Crippen LogP contribution in [0.2, 0.25) is 0 Å².